The van der Waals surface area contributed by atoms with E-state index in [1.807, 2.05) is 59.5 Å². The number of carbonyl (C=O) groups is 3. The molecule has 3 aliphatic heterocycles. The van der Waals surface area contributed by atoms with Gasteiger partial charge < -0.3 is 10.2 Å². The lowest BCUT2D eigenvalue weighted by atomic mass is 9.64. The molecule has 0 radical (unpaired) electrons. The highest BCUT2D eigenvalue weighted by atomic mass is 35.5. The molecule has 4 aromatic rings. The standard InChI is InChI=1S/C33H22ClN3O5/c34-22-14-9-20(10-15-22)30(38)28-29(31(39)21-11-16-23(17-12-21)37(41)42)36-26-8-4-1-5-19(26)13-18-27(36)33(28)24-6-2-3-7-25(24)35-32(33)40/h1-18,27-29H,(H,35,40)/t27-,28+,29-,33+/m0/s1. The van der Waals surface area contributed by atoms with Gasteiger partial charge in [0.15, 0.2) is 11.6 Å². The maximum atomic E-state index is 14.7. The minimum atomic E-state index is -1.45. The van der Waals surface area contributed by atoms with Gasteiger partial charge in [-0.15, -0.1) is 0 Å². The Bertz CT molecular complexity index is 1840. The number of nitro groups is 1. The third-order valence-electron chi connectivity index (χ3n) is 8.58. The number of ketones is 2. The number of rotatable bonds is 5. The molecule has 0 aliphatic carbocycles. The summed E-state index contributed by atoms with van der Waals surface area (Å²) in [5, 5.41) is 14.8. The third kappa shape index (κ3) is 3.58. The van der Waals surface area contributed by atoms with Crippen molar-refractivity contribution in [2.75, 3.05) is 10.2 Å². The zero-order chi connectivity index (χ0) is 29.2. The fourth-order valence-corrected chi connectivity index (χ4v) is 6.96. The van der Waals surface area contributed by atoms with E-state index < -0.39 is 34.1 Å². The number of amides is 1. The summed E-state index contributed by atoms with van der Waals surface area (Å²) in [6.45, 7) is 0. The molecule has 4 atom stereocenters. The van der Waals surface area contributed by atoms with Gasteiger partial charge in [-0.05, 0) is 59.7 Å². The van der Waals surface area contributed by atoms with E-state index in [0.717, 1.165) is 5.56 Å². The average Bonchev–Trinajstić information content (AvgIpc) is 3.49. The molecular formula is C33H22ClN3O5. The SMILES string of the molecule is O=C(c1ccc([N+](=O)[O-])cc1)[C@@H]1[C@H](C(=O)c2ccc(Cl)cc2)[C@]2(C(=O)Nc3ccccc32)[C@@H]2C=Cc3ccccc3N12. The number of hydrogen-bond donors (Lipinski definition) is 1. The maximum Gasteiger partial charge on any atom is 0.269 e. The number of benzene rings is 4. The summed E-state index contributed by atoms with van der Waals surface area (Å²) in [7, 11) is 0. The van der Waals surface area contributed by atoms with Gasteiger partial charge in [0, 0.05) is 39.7 Å². The number of fused-ring (bicyclic) bond motifs is 6. The molecule has 1 amide bonds. The van der Waals surface area contributed by atoms with Crippen LogP contribution in [0.5, 0.6) is 0 Å². The zero-order valence-electron chi connectivity index (χ0n) is 21.9. The van der Waals surface area contributed by atoms with Crippen molar-refractivity contribution < 1.29 is 19.3 Å². The first-order valence-corrected chi connectivity index (χ1v) is 13.7. The van der Waals surface area contributed by atoms with E-state index in [1.165, 1.54) is 24.3 Å². The van der Waals surface area contributed by atoms with Crippen molar-refractivity contribution in [2.24, 2.45) is 5.92 Å². The normalized spacial score (nSPS) is 23.2. The lowest BCUT2D eigenvalue weighted by molar-refractivity contribution is -0.384. The van der Waals surface area contributed by atoms with E-state index in [4.69, 9.17) is 11.6 Å². The second kappa shape index (κ2) is 9.49. The van der Waals surface area contributed by atoms with Gasteiger partial charge in [-0.2, -0.15) is 0 Å². The fraction of sp³-hybridized carbons (Fsp3) is 0.121. The number of halogens is 1. The van der Waals surface area contributed by atoms with Crippen molar-refractivity contribution in [2.45, 2.75) is 17.5 Å². The van der Waals surface area contributed by atoms with Gasteiger partial charge in [-0.25, -0.2) is 0 Å². The Kier molecular flexibility index (Phi) is 5.85. The smallest absolute Gasteiger partial charge is 0.269 e. The fourth-order valence-electron chi connectivity index (χ4n) is 6.83. The van der Waals surface area contributed by atoms with Crippen molar-refractivity contribution in [1.82, 2.24) is 0 Å². The van der Waals surface area contributed by atoms with Crippen LogP contribution in [0, 0.1) is 16.0 Å². The summed E-state index contributed by atoms with van der Waals surface area (Å²) in [5.41, 5.74) is 1.71. The van der Waals surface area contributed by atoms with Crippen LogP contribution in [0.15, 0.2) is 103 Å². The molecule has 1 N–H and O–H groups in total. The molecule has 7 rings (SSSR count). The number of anilines is 2. The second-order valence-corrected chi connectivity index (χ2v) is 11.0. The van der Waals surface area contributed by atoms with E-state index >= 15 is 0 Å². The average molecular weight is 576 g/mol. The number of carbonyl (C=O) groups excluding carboxylic acids is 3. The van der Waals surface area contributed by atoms with Crippen LogP contribution in [0.3, 0.4) is 0 Å². The zero-order valence-corrected chi connectivity index (χ0v) is 22.7. The number of hydrogen-bond acceptors (Lipinski definition) is 6. The summed E-state index contributed by atoms with van der Waals surface area (Å²) in [6.07, 6.45) is 3.82. The first-order chi connectivity index (χ1) is 20.3. The van der Waals surface area contributed by atoms with Crippen LogP contribution in [0.1, 0.15) is 31.8 Å². The van der Waals surface area contributed by atoms with Crippen LogP contribution < -0.4 is 10.2 Å². The van der Waals surface area contributed by atoms with E-state index in [2.05, 4.69) is 5.32 Å². The quantitative estimate of drug-likeness (QED) is 0.175. The van der Waals surface area contributed by atoms with Crippen molar-refractivity contribution in [3.63, 3.8) is 0 Å². The summed E-state index contributed by atoms with van der Waals surface area (Å²) in [5.74, 6) is -2.31. The van der Waals surface area contributed by atoms with Crippen molar-refractivity contribution in [1.29, 1.82) is 0 Å². The first-order valence-electron chi connectivity index (χ1n) is 13.4. The minimum absolute atomic E-state index is 0.156. The highest BCUT2D eigenvalue weighted by molar-refractivity contribution is 6.30. The summed E-state index contributed by atoms with van der Waals surface area (Å²) in [6, 6.07) is 24.8. The predicted octanol–water partition coefficient (Wildman–Crippen LogP) is 6.10. The van der Waals surface area contributed by atoms with Crippen LogP contribution in [0.2, 0.25) is 5.02 Å². The molecule has 9 heteroatoms. The number of nitro benzene ring substituents is 1. The minimum Gasteiger partial charge on any atom is -0.352 e. The van der Waals surface area contributed by atoms with Gasteiger partial charge in [0.05, 0.1) is 16.9 Å². The van der Waals surface area contributed by atoms with Crippen LogP contribution in [0.4, 0.5) is 17.1 Å². The van der Waals surface area contributed by atoms with Crippen LogP contribution in [-0.2, 0) is 10.2 Å². The van der Waals surface area contributed by atoms with Crippen LogP contribution in [-0.4, -0.2) is 34.5 Å². The van der Waals surface area contributed by atoms with Gasteiger partial charge >= 0.3 is 0 Å². The molecule has 0 unspecified atom stereocenters. The molecule has 0 bridgehead atoms. The van der Waals surface area contributed by atoms with Gasteiger partial charge in [0.25, 0.3) is 5.69 Å². The van der Waals surface area contributed by atoms with Crippen molar-refractivity contribution in [3.05, 3.63) is 141 Å². The van der Waals surface area contributed by atoms with Crippen molar-refractivity contribution >= 4 is 52.2 Å². The summed E-state index contributed by atoms with van der Waals surface area (Å²) < 4.78 is 0. The highest BCUT2D eigenvalue weighted by Crippen LogP contribution is 2.58. The molecule has 206 valence electrons. The van der Waals surface area contributed by atoms with E-state index in [9.17, 15) is 24.5 Å². The predicted molar refractivity (Wildman–Crippen MR) is 159 cm³/mol. The van der Waals surface area contributed by atoms with Crippen LogP contribution in [0.25, 0.3) is 6.08 Å². The first kappa shape index (κ1) is 25.9. The largest absolute Gasteiger partial charge is 0.352 e. The Balaban J connectivity index is 1.51. The molecule has 0 aromatic heterocycles. The summed E-state index contributed by atoms with van der Waals surface area (Å²) in [4.78, 5) is 56.3. The van der Waals surface area contributed by atoms with E-state index in [0.29, 0.717) is 27.5 Å². The van der Waals surface area contributed by atoms with Gasteiger partial charge in [-0.3, -0.25) is 24.5 Å². The van der Waals surface area contributed by atoms with E-state index in [-0.39, 0.29) is 22.9 Å². The topological polar surface area (TPSA) is 110 Å². The maximum absolute atomic E-state index is 14.7. The molecule has 1 fully saturated rings. The second-order valence-electron chi connectivity index (χ2n) is 10.6. The van der Waals surface area contributed by atoms with Gasteiger partial charge in [0.1, 0.15) is 11.5 Å². The molecule has 1 saturated heterocycles. The molecular weight excluding hydrogens is 554 g/mol. The van der Waals surface area contributed by atoms with E-state index in [1.54, 1.807) is 30.3 Å². The lowest BCUT2D eigenvalue weighted by Crippen LogP contribution is -2.51. The molecule has 1 spiro atoms. The van der Waals surface area contributed by atoms with Crippen LogP contribution >= 0.6 is 11.6 Å². The molecule has 3 heterocycles. The molecule has 0 saturated carbocycles. The number of nitrogens with one attached hydrogen (secondary N) is 1. The number of non-ortho nitro benzene ring substituents is 1. The van der Waals surface area contributed by atoms with Crippen molar-refractivity contribution in [3.8, 4) is 0 Å². The molecule has 42 heavy (non-hydrogen) atoms. The number of para-hydroxylation sites is 2. The highest BCUT2D eigenvalue weighted by Gasteiger charge is 2.70. The molecule has 8 nitrogen and oxygen atoms in total. The Morgan fingerprint density at radius 3 is 2.24 bits per heavy atom. The number of nitrogens with zero attached hydrogens (tertiary/aromatic N) is 2. The number of Topliss-reactive ketones (excluding diaryl/α,β-unsaturated/α-hetero) is 2. The van der Waals surface area contributed by atoms with Gasteiger partial charge in [-0.1, -0.05) is 60.2 Å². The Morgan fingerprint density at radius 1 is 0.857 bits per heavy atom. The monoisotopic (exact) mass is 575 g/mol. The molecule has 4 aromatic carbocycles. The van der Waals surface area contributed by atoms with Gasteiger partial charge in [0.2, 0.25) is 5.91 Å². The Hall–Kier alpha value is -5.08. The molecule has 3 aliphatic rings. The Labute approximate surface area is 245 Å². The lowest BCUT2D eigenvalue weighted by Gasteiger charge is -2.37. The summed E-state index contributed by atoms with van der Waals surface area (Å²) >= 11 is 6.14. The third-order valence-corrected chi connectivity index (χ3v) is 8.84. The Morgan fingerprint density at radius 2 is 1.50 bits per heavy atom.